The summed E-state index contributed by atoms with van der Waals surface area (Å²) in [5, 5.41) is 3.85. The van der Waals surface area contributed by atoms with Crippen LogP contribution in [0.1, 0.15) is 46.3 Å². The van der Waals surface area contributed by atoms with Gasteiger partial charge in [0.2, 0.25) is 0 Å². The number of nitrogens with one attached hydrogen (secondary N) is 1. The first-order chi connectivity index (χ1) is 8.11. The van der Waals surface area contributed by atoms with Gasteiger partial charge in [-0.25, -0.2) is 9.78 Å². The van der Waals surface area contributed by atoms with Crippen LogP contribution >= 0.6 is 11.3 Å². The van der Waals surface area contributed by atoms with Gasteiger partial charge in [-0.15, -0.1) is 0 Å². The summed E-state index contributed by atoms with van der Waals surface area (Å²) in [6.07, 6.45) is 3.44. The number of ketones is 1. The fourth-order valence-corrected chi connectivity index (χ4v) is 2.51. The van der Waals surface area contributed by atoms with Gasteiger partial charge in [-0.3, -0.25) is 4.79 Å². The highest BCUT2D eigenvalue weighted by molar-refractivity contribution is 7.17. The molecule has 1 N–H and O–H groups in total. The summed E-state index contributed by atoms with van der Waals surface area (Å²) < 4.78 is 4.61. The maximum Gasteiger partial charge on any atom is 0.358 e. The predicted octanol–water partition coefficient (Wildman–Crippen LogP) is 2.10. The Bertz CT molecular complexity index is 452. The molecule has 1 aromatic rings. The molecule has 0 amide bonds. The van der Waals surface area contributed by atoms with Crippen LogP contribution in [0.5, 0.6) is 0 Å². The highest BCUT2D eigenvalue weighted by Crippen LogP contribution is 2.28. The Hall–Kier alpha value is -1.43. The van der Waals surface area contributed by atoms with Crippen molar-refractivity contribution in [1.82, 2.24) is 4.98 Å². The first-order valence-corrected chi connectivity index (χ1v) is 6.30. The number of hydrogen-bond donors (Lipinski definition) is 1. The Morgan fingerprint density at radius 3 is 2.65 bits per heavy atom. The SMILES string of the molecule is COC(=O)c1nc(NC2CCC2)sc1C(C)=O. The van der Waals surface area contributed by atoms with Crippen molar-refractivity contribution in [1.29, 1.82) is 0 Å². The number of hydrogen-bond acceptors (Lipinski definition) is 6. The lowest BCUT2D eigenvalue weighted by Gasteiger charge is -2.25. The molecule has 0 unspecified atom stereocenters. The van der Waals surface area contributed by atoms with Gasteiger partial charge >= 0.3 is 5.97 Å². The molecule has 0 saturated heterocycles. The average Bonchev–Trinajstić information content (AvgIpc) is 2.66. The summed E-state index contributed by atoms with van der Waals surface area (Å²) in [7, 11) is 1.28. The fourth-order valence-electron chi connectivity index (χ4n) is 1.58. The van der Waals surface area contributed by atoms with Gasteiger partial charge in [0, 0.05) is 13.0 Å². The monoisotopic (exact) mass is 254 g/mol. The third-order valence-corrected chi connectivity index (χ3v) is 3.85. The molecule has 0 spiro atoms. The van der Waals surface area contributed by atoms with Crippen LogP contribution in [0.3, 0.4) is 0 Å². The van der Waals surface area contributed by atoms with E-state index in [1.54, 1.807) is 0 Å². The number of methoxy groups -OCH3 is 1. The Morgan fingerprint density at radius 2 is 2.18 bits per heavy atom. The van der Waals surface area contributed by atoms with Crippen molar-refractivity contribution in [3.8, 4) is 0 Å². The van der Waals surface area contributed by atoms with Gasteiger partial charge in [-0.1, -0.05) is 11.3 Å². The normalized spacial score (nSPS) is 15.2. The summed E-state index contributed by atoms with van der Waals surface area (Å²) in [4.78, 5) is 27.4. The third-order valence-electron chi connectivity index (χ3n) is 2.76. The van der Waals surface area contributed by atoms with Crippen LogP contribution in [0.15, 0.2) is 0 Å². The Labute approximate surface area is 103 Å². The maximum absolute atomic E-state index is 11.5. The summed E-state index contributed by atoms with van der Waals surface area (Å²) >= 11 is 1.22. The van der Waals surface area contributed by atoms with Crippen molar-refractivity contribution in [2.75, 3.05) is 12.4 Å². The zero-order valence-corrected chi connectivity index (χ0v) is 10.6. The van der Waals surface area contributed by atoms with E-state index in [0.717, 1.165) is 12.8 Å². The first kappa shape index (κ1) is 12.0. The standard InChI is InChI=1S/C11H14N2O3S/c1-6(14)9-8(10(15)16-2)13-11(17-9)12-7-4-3-5-7/h7H,3-5H2,1-2H3,(H,12,13). The van der Waals surface area contributed by atoms with E-state index in [1.807, 2.05) is 0 Å². The van der Waals surface area contributed by atoms with E-state index in [0.29, 0.717) is 16.1 Å². The highest BCUT2D eigenvalue weighted by atomic mass is 32.1. The number of aromatic nitrogens is 1. The number of rotatable bonds is 4. The van der Waals surface area contributed by atoms with Gasteiger partial charge in [-0.05, 0) is 19.3 Å². The number of Topliss-reactive ketones (excluding diaryl/α,β-unsaturated/α-hetero) is 1. The largest absolute Gasteiger partial charge is 0.464 e. The Kier molecular flexibility index (Phi) is 3.42. The Morgan fingerprint density at radius 1 is 1.47 bits per heavy atom. The molecule has 17 heavy (non-hydrogen) atoms. The maximum atomic E-state index is 11.5. The minimum absolute atomic E-state index is 0.117. The number of nitrogens with zero attached hydrogens (tertiary/aromatic N) is 1. The van der Waals surface area contributed by atoms with E-state index in [1.165, 1.54) is 31.8 Å². The summed E-state index contributed by atoms with van der Waals surface area (Å²) in [5.41, 5.74) is 0.117. The average molecular weight is 254 g/mol. The topological polar surface area (TPSA) is 68.3 Å². The van der Waals surface area contributed by atoms with Crippen LogP contribution < -0.4 is 5.32 Å². The number of carbonyl (C=O) groups is 2. The number of anilines is 1. The molecule has 0 bridgehead atoms. The van der Waals surface area contributed by atoms with Gasteiger partial charge < -0.3 is 10.1 Å². The van der Waals surface area contributed by atoms with Crippen LogP contribution in [-0.2, 0) is 4.74 Å². The molecular formula is C11H14N2O3S. The van der Waals surface area contributed by atoms with Crippen molar-refractivity contribution >= 4 is 28.2 Å². The lowest BCUT2D eigenvalue weighted by molar-refractivity contribution is 0.0591. The lowest BCUT2D eigenvalue weighted by Crippen LogP contribution is -2.26. The smallest absolute Gasteiger partial charge is 0.358 e. The van der Waals surface area contributed by atoms with Gasteiger partial charge in [0.05, 0.1) is 7.11 Å². The van der Waals surface area contributed by atoms with Crippen LogP contribution in [-0.4, -0.2) is 29.9 Å². The van der Waals surface area contributed by atoms with Crippen LogP contribution in [0, 0.1) is 0 Å². The summed E-state index contributed by atoms with van der Waals surface area (Å²) in [6.45, 7) is 1.42. The molecule has 1 aliphatic carbocycles. The molecular weight excluding hydrogens is 240 g/mol. The zero-order chi connectivity index (χ0) is 12.4. The van der Waals surface area contributed by atoms with Crippen molar-refractivity contribution in [2.45, 2.75) is 32.2 Å². The molecule has 1 aromatic heterocycles. The molecule has 92 valence electrons. The van der Waals surface area contributed by atoms with Crippen LogP contribution in [0.2, 0.25) is 0 Å². The van der Waals surface area contributed by atoms with Crippen molar-refractivity contribution in [3.63, 3.8) is 0 Å². The Balaban J connectivity index is 2.23. The molecule has 1 aliphatic rings. The quantitative estimate of drug-likeness (QED) is 0.658. The molecule has 0 aliphatic heterocycles. The number of carbonyl (C=O) groups excluding carboxylic acids is 2. The van der Waals surface area contributed by atoms with Gasteiger partial charge in [0.25, 0.3) is 0 Å². The van der Waals surface area contributed by atoms with E-state index in [4.69, 9.17) is 0 Å². The molecule has 6 heteroatoms. The molecule has 0 radical (unpaired) electrons. The van der Waals surface area contributed by atoms with Gasteiger partial charge in [-0.2, -0.15) is 0 Å². The van der Waals surface area contributed by atoms with Gasteiger partial charge in [0.1, 0.15) is 4.88 Å². The summed E-state index contributed by atoms with van der Waals surface area (Å²) in [5.74, 6) is -0.724. The van der Waals surface area contributed by atoms with E-state index in [9.17, 15) is 9.59 Å². The van der Waals surface area contributed by atoms with E-state index in [2.05, 4.69) is 15.0 Å². The third kappa shape index (κ3) is 2.46. The highest BCUT2D eigenvalue weighted by Gasteiger charge is 2.24. The molecule has 1 fully saturated rings. The minimum atomic E-state index is -0.562. The molecule has 5 nitrogen and oxygen atoms in total. The lowest BCUT2D eigenvalue weighted by atomic mass is 9.93. The van der Waals surface area contributed by atoms with Crippen LogP contribution in [0.4, 0.5) is 5.13 Å². The number of esters is 1. The number of thiazole rings is 1. The molecule has 0 atom stereocenters. The minimum Gasteiger partial charge on any atom is -0.464 e. The predicted molar refractivity (Wildman–Crippen MR) is 64.7 cm³/mol. The van der Waals surface area contributed by atoms with Gasteiger partial charge in [0.15, 0.2) is 16.6 Å². The van der Waals surface area contributed by atoms with Crippen molar-refractivity contribution < 1.29 is 14.3 Å². The van der Waals surface area contributed by atoms with Crippen molar-refractivity contribution in [3.05, 3.63) is 10.6 Å². The second-order valence-corrected chi connectivity index (χ2v) is 5.02. The van der Waals surface area contributed by atoms with E-state index < -0.39 is 5.97 Å². The molecule has 0 aromatic carbocycles. The van der Waals surface area contributed by atoms with Crippen molar-refractivity contribution in [2.24, 2.45) is 0 Å². The molecule has 2 rings (SSSR count). The summed E-state index contributed by atoms with van der Waals surface area (Å²) in [6, 6.07) is 0.423. The molecule has 1 saturated carbocycles. The van der Waals surface area contributed by atoms with E-state index >= 15 is 0 Å². The number of ether oxygens (including phenoxy) is 1. The second-order valence-electron chi connectivity index (χ2n) is 4.02. The second kappa shape index (κ2) is 4.83. The van der Waals surface area contributed by atoms with Crippen LogP contribution in [0.25, 0.3) is 0 Å². The zero-order valence-electron chi connectivity index (χ0n) is 9.78. The fraction of sp³-hybridized carbons (Fsp3) is 0.545. The van der Waals surface area contributed by atoms with E-state index in [-0.39, 0.29) is 11.5 Å². The molecule has 1 heterocycles. The first-order valence-electron chi connectivity index (χ1n) is 5.48.